The quantitative estimate of drug-likeness (QED) is 0.770. The molecule has 1 aliphatic heterocycles. The van der Waals surface area contributed by atoms with Crippen LogP contribution >= 0.6 is 11.3 Å². The van der Waals surface area contributed by atoms with Crippen molar-refractivity contribution in [3.05, 3.63) is 38.5 Å². The SMILES string of the molecule is O=c1cc(C(F)F)ncn1CC1CCN(Cc2nnc(C3CC3)s2)CC1. The van der Waals surface area contributed by atoms with Crippen LogP contribution in [0.2, 0.25) is 0 Å². The summed E-state index contributed by atoms with van der Waals surface area (Å²) in [5, 5.41) is 10.8. The maximum atomic E-state index is 12.6. The smallest absolute Gasteiger partial charge is 0.280 e. The van der Waals surface area contributed by atoms with Crippen LogP contribution in [0.3, 0.4) is 0 Å². The standard InChI is InChI=1S/C17H21F2N5OS/c18-16(19)13-7-15(25)24(10-20-13)8-11-3-5-23(6-4-11)9-14-21-22-17(26-14)12-1-2-12/h7,10-12,16H,1-6,8-9H2. The van der Waals surface area contributed by atoms with Crippen molar-refractivity contribution in [1.82, 2.24) is 24.6 Å². The third-order valence-electron chi connectivity index (χ3n) is 5.05. The summed E-state index contributed by atoms with van der Waals surface area (Å²) in [6.07, 6.45) is 2.96. The number of piperidine rings is 1. The molecule has 1 saturated heterocycles. The monoisotopic (exact) mass is 381 g/mol. The number of aromatic nitrogens is 4. The van der Waals surface area contributed by atoms with Gasteiger partial charge >= 0.3 is 0 Å². The van der Waals surface area contributed by atoms with Crippen molar-refractivity contribution in [2.75, 3.05) is 13.1 Å². The zero-order chi connectivity index (χ0) is 18.1. The third kappa shape index (κ3) is 4.15. The van der Waals surface area contributed by atoms with Gasteiger partial charge in [0, 0.05) is 18.5 Å². The summed E-state index contributed by atoms with van der Waals surface area (Å²) in [4.78, 5) is 18.0. The number of hydrogen-bond acceptors (Lipinski definition) is 6. The molecule has 26 heavy (non-hydrogen) atoms. The summed E-state index contributed by atoms with van der Waals surface area (Å²) >= 11 is 1.73. The number of nitrogens with zero attached hydrogens (tertiary/aromatic N) is 5. The lowest BCUT2D eigenvalue weighted by Gasteiger charge is -2.31. The van der Waals surface area contributed by atoms with Gasteiger partial charge in [-0.25, -0.2) is 13.8 Å². The molecule has 0 spiro atoms. The third-order valence-corrected chi connectivity index (χ3v) is 6.12. The summed E-state index contributed by atoms with van der Waals surface area (Å²) < 4.78 is 26.6. The number of halogens is 2. The van der Waals surface area contributed by atoms with Gasteiger partial charge in [-0.15, -0.1) is 10.2 Å². The minimum Gasteiger partial charge on any atom is -0.299 e. The second-order valence-electron chi connectivity index (χ2n) is 7.13. The van der Waals surface area contributed by atoms with Crippen LogP contribution in [0.1, 0.15) is 53.7 Å². The molecule has 0 unspecified atom stereocenters. The highest BCUT2D eigenvalue weighted by Gasteiger charge is 2.28. The predicted molar refractivity (Wildman–Crippen MR) is 93.3 cm³/mol. The fraction of sp³-hybridized carbons (Fsp3) is 0.647. The first kappa shape index (κ1) is 17.7. The van der Waals surface area contributed by atoms with E-state index in [2.05, 4.69) is 20.1 Å². The van der Waals surface area contributed by atoms with Gasteiger partial charge in [0.05, 0.1) is 12.9 Å². The first-order valence-corrected chi connectivity index (χ1v) is 9.79. The minimum absolute atomic E-state index is 0.361. The molecule has 140 valence electrons. The molecule has 1 aliphatic carbocycles. The molecule has 0 aromatic carbocycles. The molecule has 2 aliphatic rings. The van der Waals surface area contributed by atoms with Crippen molar-refractivity contribution >= 4 is 11.3 Å². The Kier molecular flexibility index (Phi) is 5.08. The Hall–Kier alpha value is -1.74. The van der Waals surface area contributed by atoms with Gasteiger partial charge in [-0.05, 0) is 44.7 Å². The fourth-order valence-electron chi connectivity index (χ4n) is 3.32. The summed E-state index contributed by atoms with van der Waals surface area (Å²) in [6.45, 7) is 3.26. The van der Waals surface area contributed by atoms with Gasteiger partial charge in [-0.3, -0.25) is 14.3 Å². The first-order chi connectivity index (χ1) is 12.6. The Morgan fingerprint density at radius 1 is 1.19 bits per heavy atom. The molecule has 0 N–H and O–H groups in total. The van der Waals surface area contributed by atoms with Gasteiger partial charge in [-0.1, -0.05) is 11.3 Å². The molecule has 6 nitrogen and oxygen atoms in total. The van der Waals surface area contributed by atoms with Crippen molar-refractivity contribution in [2.24, 2.45) is 5.92 Å². The highest BCUT2D eigenvalue weighted by molar-refractivity contribution is 7.11. The molecule has 2 fully saturated rings. The molecular weight excluding hydrogens is 360 g/mol. The van der Waals surface area contributed by atoms with Gasteiger partial charge in [0.2, 0.25) is 0 Å². The molecule has 0 atom stereocenters. The van der Waals surface area contributed by atoms with Gasteiger partial charge in [0.15, 0.2) is 0 Å². The van der Waals surface area contributed by atoms with E-state index in [-0.39, 0.29) is 0 Å². The number of rotatable bonds is 6. The molecule has 4 rings (SSSR count). The number of hydrogen-bond donors (Lipinski definition) is 0. The second-order valence-corrected chi connectivity index (χ2v) is 8.23. The zero-order valence-electron chi connectivity index (χ0n) is 14.4. The average molecular weight is 381 g/mol. The Labute approximate surface area is 153 Å². The molecule has 0 amide bonds. The van der Waals surface area contributed by atoms with Crippen LogP contribution in [-0.2, 0) is 13.1 Å². The van der Waals surface area contributed by atoms with E-state index in [4.69, 9.17) is 0 Å². The summed E-state index contributed by atoms with van der Waals surface area (Å²) in [5.41, 5.74) is -0.858. The topological polar surface area (TPSA) is 63.9 Å². The van der Waals surface area contributed by atoms with Gasteiger partial charge in [-0.2, -0.15) is 0 Å². The van der Waals surface area contributed by atoms with Crippen molar-refractivity contribution in [3.8, 4) is 0 Å². The minimum atomic E-state index is -2.71. The lowest BCUT2D eigenvalue weighted by atomic mass is 9.97. The fourth-order valence-corrected chi connectivity index (χ4v) is 4.37. The van der Waals surface area contributed by atoms with Crippen LogP contribution in [0.25, 0.3) is 0 Å². The van der Waals surface area contributed by atoms with E-state index in [0.29, 0.717) is 18.4 Å². The molecule has 9 heteroatoms. The van der Waals surface area contributed by atoms with Gasteiger partial charge < -0.3 is 0 Å². The molecule has 0 radical (unpaired) electrons. The Balaban J connectivity index is 1.28. The van der Waals surface area contributed by atoms with Crippen LogP contribution in [0.15, 0.2) is 17.2 Å². The summed E-state index contributed by atoms with van der Waals surface area (Å²) in [7, 11) is 0. The van der Waals surface area contributed by atoms with Crippen molar-refractivity contribution in [2.45, 2.75) is 51.1 Å². The van der Waals surface area contributed by atoms with E-state index in [0.717, 1.165) is 43.5 Å². The maximum Gasteiger partial charge on any atom is 0.280 e. The Morgan fingerprint density at radius 2 is 1.96 bits per heavy atom. The molecule has 2 aromatic rings. The molecular formula is C17H21F2N5OS. The summed E-state index contributed by atoms with van der Waals surface area (Å²) in [6, 6.07) is 0.937. The van der Waals surface area contributed by atoms with E-state index in [1.165, 1.54) is 28.7 Å². The Morgan fingerprint density at radius 3 is 2.62 bits per heavy atom. The predicted octanol–water partition coefficient (Wildman–Crippen LogP) is 2.82. The van der Waals surface area contributed by atoms with Crippen molar-refractivity contribution in [1.29, 1.82) is 0 Å². The maximum absolute atomic E-state index is 12.6. The average Bonchev–Trinajstić information content (AvgIpc) is 3.38. The van der Waals surface area contributed by atoms with Crippen LogP contribution in [0.5, 0.6) is 0 Å². The van der Waals surface area contributed by atoms with Crippen LogP contribution in [0.4, 0.5) is 8.78 Å². The molecule has 2 aromatic heterocycles. The van der Waals surface area contributed by atoms with Crippen LogP contribution < -0.4 is 5.56 Å². The van der Waals surface area contributed by atoms with Crippen LogP contribution in [-0.4, -0.2) is 37.7 Å². The molecule has 0 bridgehead atoms. The van der Waals surface area contributed by atoms with E-state index < -0.39 is 17.7 Å². The van der Waals surface area contributed by atoms with E-state index in [1.807, 2.05) is 0 Å². The van der Waals surface area contributed by atoms with Crippen molar-refractivity contribution < 1.29 is 8.78 Å². The first-order valence-electron chi connectivity index (χ1n) is 8.97. The highest BCUT2D eigenvalue weighted by atomic mass is 32.1. The van der Waals surface area contributed by atoms with E-state index >= 15 is 0 Å². The second kappa shape index (κ2) is 7.48. The number of likely N-dealkylation sites (tertiary alicyclic amines) is 1. The van der Waals surface area contributed by atoms with Crippen molar-refractivity contribution in [3.63, 3.8) is 0 Å². The Bertz CT molecular complexity index is 811. The van der Waals surface area contributed by atoms with E-state index in [1.54, 1.807) is 11.3 Å². The number of alkyl halides is 2. The normalized spacial score (nSPS) is 19.3. The van der Waals surface area contributed by atoms with Gasteiger partial charge in [0.1, 0.15) is 15.7 Å². The lowest BCUT2D eigenvalue weighted by molar-refractivity contribution is 0.144. The largest absolute Gasteiger partial charge is 0.299 e. The lowest BCUT2D eigenvalue weighted by Crippen LogP contribution is -2.36. The molecule has 1 saturated carbocycles. The van der Waals surface area contributed by atoms with Crippen LogP contribution in [0, 0.1) is 5.92 Å². The zero-order valence-corrected chi connectivity index (χ0v) is 15.2. The highest BCUT2D eigenvalue weighted by Crippen LogP contribution is 2.41. The van der Waals surface area contributed by atoms with Gasteiger partial charge in [0.25, 0.3) is 12.0 Å². The summed E-state index contributed by atoms with van der Waals surface area (Å²) in [5.74, 6) is 1.01. The molecule has 3 heterocycles. The van der Waals surface area contributed by atoms with E-state index in [9.17, 15) is 13.6 Å².